The summed E-state index contributed by atoms with van der Waals surface area (Å²) in [5.41, 5.74) is 0.964. The number of methoxy groups -OCH3 is 1. The first kappa shape index (κ1) is 22.1. The summed E-state index contributed by atoms with van der Waals surface area (Å²) in [6.45, 7) is 0.199. The van der Waals surface area contributed by atoms with Crippen LogP contribution in [0.15, 0.2) is 41.3 Å². The number of nitrogens with zero attached hydrogens (tertiary/aromatic N) is 2. The van der Waals surface area contributed by atoms with Gasteiger partial charge in [-0.25, -0.2) is 8.78 Å². The number of ether oxygens (including phenoxy) is 2. The van der Waals surface area contributed by atoms with E-state index in [1.165, 1.54) is 49.1 Å². The highest BCUT2D eigenvalue weighted by atomic mass is 19.3. The van der Waals surface area contributed by atoms with Crippen molar-refractivity contribution in [2.45, 2.75) is 27.0 Å². The zero-order valence-corrected chi connectivity index (χ0v) is 16.9. The molecule has 0 saturated carbocycles. The molecule has 0 spiro atoms. The average Bonchev–Trinajstić information content (AvgIpc) is 2.69. The molecule has 0 bridgehead atoms. The molecule has 0 aliphatic rings. The maximum atomic E-state index is 13.8. The van der Waals surface area contributed by atoms with Crippen molar-refractivity contribution in [2.24, 2.45) is 0 Å². The van der Waals surface area contributed by atoms with Crippen LogP contribution in [0.2, 0.25) is 0 Å². The van der Waals surface area contributed by atoms with Crippen LogP contribution >= 0.6 is 0 Å². The van der Waals surface area contributed by atoms with Crippen LogP contribution in [0.25, 0.3) is 0 Å². The molecule has 1 aromatic heterocycles. The fourth-order valence-electron chi connectivity index (χ4n) is 2.99. The third-order valence-corrected chi connectivity index (χ3v) is 4.48. The number of hydrogen-bond donors (Lipinski definition) is 1. The van der Waals surface area contributed by atoms with E-state index in [0.717, 1.165) is 6.07 Å². The lowest BCUT2D eigenvalue weighted by atomic mass is 10.1. The Balaban J connectivity index is 1.99. The van der Waals surface area contributed by atoms with E-state index in [1.807, 2.05) is 0 Å². The lowest BCUT2D eigenvalue weighted by Crippen LogP contribution is -2.19. The lowest BCUT2D eigenvalue weighted by molar-refractivity contribution is -0.0498. The molecule has 0 aliphatic heterocycles. The molecule has 3 rings (SSSR count). The molecule has 2 aromatic carbocycles. The van der Waals surface area contributed by atoms with Gasteiger partial charge in [-0.3, -0.25) is 4.79 Å². The molecule has 164 valence electrons. The zero-order valence-electron chi connectivity index (χ0n) is 16.9. The maximum absolute atomic E-state index is 13.8. The Kier molecular flexibility index (Phi) is 6.47. The number of hydrogen-bond acceptors (Lipinski definition) is 5. The minimum atomic E-state index is -2.95. The second kappa shape index (κ2) is 9.07. The summed E-state index contributed by atoms with van der Waals surface area (Å²) in [6, 6.07) is 6.77. The third kappa shape index (κ3) is 5.14. The van der Waals surface area contributed by atoms with E-state index in [-0.39, 0.29) is 29.6 Å². The predicted octanol–water partition coefficient (Wildman–Crippen LogP) is 4.54. The quantitative estimate of drug-likeness (QED) is 0.550. The van der Waals surface area contributed by atoms with Crippen LogP contribution in [0, 0.1) is 25.5 Å². The molecule has 0 radical (unpaired) electrons. The van der Waals surface area contributed by atoms with Crippen LogP contribution in [0.5, 0.6) is 11.5 Å². The SMILES string of the molecule is COc1cn(Cc2cc(C)c(F)c(F)c2)c(Nc2ccc(OC(F)F)cc2C)nc1=O. The van der Waals surface area contributed by atoms with Gasteiger partial charge in [0.1, 0.15) is 5.75 Å². The van der Waals surface area contributed by atoms with Crippen LogP contribution in [0.4, 0.5) is 29.2 Å². The number of aryl methyl sites for hydroxylation is 2. The fourth-order valence-corrected chi connectivity index (χ4v) is 2.99. The van der Waals surface area contributed by atoms with E-state index in [9.17, 15) is 22.4 Å². The third-order valence-electron chi connectivity index (χ3n) is 4.48. The van der Waals surface area contributed by atoms with Gasteiger partial charge in [0.25, 0.3) is 0 Å². The van der Waals surface area contributed by atoms with Crippen LogP contribution in [-0.2, 0) is 6.54 Å². The molecule has 6 nitrogen and oxygen atoms in total. The van der Waals surface area contributed by atoms with E-state index in [2.05, 4.69) is 15.0 Å². The number of benzene rings is 2. The number of halogens is 4. The summed E-state index contributed by atoms with van der Waals surface area (Å²) < 4.78 is 63.2. The summed E-state index contributed by atoms with van der Waals surface area (Å²) in [5.74, 6) is -1.88. The van der Waals surface area contributed by atoms with E-state index in [1.54, 1.807) is 6.92 Å². The molecule has 0 atom stereocenters. The molecule has 0 saturated heterocycles. The Labute approximate surface area is 175 Å². The van der Waals surface area contributed by atoms with Crippen molar-refractivity contribution in [2.75, 3.05) is 12.4 Å². The summed E-state index contributed by atoms with van der Waals surface area (Å²) in [4.78, 5) is 16.1. The van der Waals surface area contributed by atoms with Gasteiger partial charge in [0.15, 0.2) is 11.6 Å². The molecule has 0 fully saturated rings. The van der Waals surface area contributed by atoms with Gasteiger partial charge < -0.3 is 19.4 Å². The Morgan fingerprint density at radius 2 is 1.87 bits per heavy atom. The molecule has 31 heavy (non-hydrogen) atoms. The zero-order chi connectivity index (χ0) is 22.7. The average molecular weight is 437 g/mol. The first-order valence-electron chi connectivity index (χ1n) is 9.10. The number of alkyl halides is 2. The normalized spacial score (nSPS) is 11.0. The smallest absolute Gasteiger partial charge is 0.387 e. The van der Waals surface area contributed by atoms with Crippen LogP contribution in [-0.4, -0.2) is 23.3 Å². The topological polar surface area (TPSA) is 65.4 Å². The highest BCUT2D eigenvalue weighted by molar-refractivity contribution is 5.60. The maximum Gasteiger partial charge on any atom is 0.387 e. The lowest BCUT2D eigenvalue weighted by Gasteiger charge is -2.17. The Morgan fingerprint density at radius 3 is 2.48 bits per heavy atom. The molecule has 0 aliphatic carbocycles. The van der Waals surface area contributed by atoms with E-state index < -0.39 is 23.8 Å². The van der Waals surface area contributed by atoms with Crippen LogP contribution < -0.4 is 20.3 Å². The second-order valence-corrected chi connectivity index (χ2v) is 6.75. The van der Waals surface area contributed by atoms with Gasteiger partial charge in [0, 0.05) is 5.69 Å². The fraction of sp³-hybridized carbons (Fsp3) is 0.238. The minimum Gasteiger partial charge on any atom is -0.490 e. The van der Waals surface area contributed by atoms with Gasteiger partial charge in [0.2, 0.25) is 11.7 Å². The number of aromatic nitrogens is 2. The summed E-state index contributed by atoms with van der Waals surface area (Å²) in [6.07, 6.45) is 1.39. The molecule has 10 heteroatoms. The number of rotatable bonds is 7. The Bertz CT molecular complexity index is 1140. The van der Waals surface area contributed by atoms with E-state index in [0.29, 0.717) is 16.8 Å². The molecule has 0 amide bonds. The monoisotopic (exact) mass is 437 g/mol. The minimum absolute atomic E-state index is 0.0182. The van der Waals surface area contributed by atoms with Crippen molar-refractivity contribution in [3.05, 3.63) is 75.2 Å². The summed E-state index contributed by atoms with van der Waals surface area (Å²) >= 11 is 0. The predicted molar refractivity (Wildman–Crippen MR) is 106 cm³/mol. The van der Waals surface area contributed by atoms with Crippen molar-refractivity contribution in [1.82, 2.24) is 9.55 Å². The van der Waals surface area contributed by atoms with Gasteiger partial charge in [-0.05, 0) is 54.8 Å². The molecule has 1 N–H and O–H groups in total. The van der Waals surface area contributed by atoms with E-state index >= 15 is 0 Å². The number of nitrogens with one attached hydrogen (secondary N) is 1. The van der Waals surface area contributed by atoms with Crippen LogP contribution in [0.3, 0.4) is 0 Å². The van der Waals surface area contributed by atoms with Gasteiger partial charge in [-0.1, -0.05) is 6.07 Å². The van der Waals surface area contributed by atoms with Gasteiger partial charge in [0.05, 0.1) is 19.9 Å². The Morgan fingerprint density at radius 1 is 1.13 bits per heavy atom. The standard InChI is InChI=1S/C21H19F4N3O3/c1-11-7-14(31-20(24)25)4-5-16(11)26-21-27-19(29)17(30-3)10-28(21)9-13-6-12(2)18(23)15(22)8-13/h4-8,10,20H,9H2,1-3H3,(H,26,27,29). The molecular weight excluding hydrogens is 418 g/mol. The molecular formula is C21H19F4N3O3. The van der Waals surface area contributed by atoms with Crippen molar-refractivity contribution in [3.8, 4) is 11.5 Å². The highest BCUT2D eigenvalue weighted by Gasteiger charge is 2.14. The van der Waals surface area contributed by atoms with Crippen molar-refractivity contribution in [1.29, 1.82) is 0 Å². The summed E-state index contributed by atoms with van der Waals surface area (Å²) in [5, 5.41) is 2.96. The first-order valence-corrected chi connectivity index (χ1v) is 9.10. The van der Waals surface area contributed by atoms with Gasteiger partial charge in [-0.15, -0.1) is 0 Å². The van der Waals surface area contributed by atoms with E-state index in [4.69, 9.17) is 4.74 Å². The van der Waals surface area contributed by atoms with Crippen LogP contribution in [0.1, 0.15) is 16.7 Å². The first-order chi connectivity index (χ1) is 14.7. The summed E-state index contributed by atoms with van der Waals surface area (Å²) in [7, 11) is 1.31. The van der Waals surface area contributed by atoms with Gasteiger partial charge >= 0.3 is 12.2 Å². The molecule has 0 unspecified atom stereocenters. The van der Waals surface area contributed by atoms with Crippen molar-refractivity contribution >= 4 is 11.6 Å². The Hall–Kier alpha value is -3.56. The van der Waals surface area contributed by atoms with Crippen molar-refractivity contribution in [3.63, 3.8) is 0 Å². The largest absolute Gasteiger partial charge is 0.490 e. The number of anilines is 2. The second-order valence-electron chi connectivity index (χ2n) is 6.75. The molecule has 3 aromatic rings. The highest BCUT2D eigenvalue weighted by Crippen LogP contribution is 2.26. The van der Waals surface area contributed by atoms with Gasteiger partial charge in [-0.2, -0.15) is 13.8 Å². The molecule has 1 heterocycles. The van der Waals surface area contributed by atoms with Crippen molar-refractivity contribution < 1.29 is 27.0 Å².